The average Bonchev–Trinajstić information content (AvgIpc) is 2.33. The quantitative estimate of drug-likeness (QED) is 0.865. The maximum absolute atomic E-state index is 12.8. The number of halogens is 4. The largest absolute Gasteiger partial charge is 0.416 e. The molecule has 0 unspecified atom stereocenters. The van der Waals surface area contributed by atoms with Crippen molar-refractivity contribution in [3.63, 3.8) is 0 Å². The first kappa shape index (κ1) is 14.5. The van der Waals surface area contributed by atoms with Gasteiger partial charge < -0.3 is 11.1 Å². The van der Waals surface area contributed by atoms with Gasteiger partial charge in [0.25, 0.3) is 0 Å². The molecular formula is C13H11ClF3N3. The van der Waals surface area contributed by atoms with E-state index in [-0.39, 0.29) is 22.1 Å². The molecule has 0 atom stereocenters. The van der Waals surface area contributed by atoms with E-state index in [1.165, 1.54) is 31.3 Å². The Hall–Kier alpha value is -1.95. The van der Waals surface area contributed by atoms with Crippen LogP contribution in [0, 0.1) is 6.92 Å². The Morgan fingerprint density at radius 3 is 2.55 bits per heavy atom. The molecule has 0 spiro atoms. The van der Waals surface area contributed by atoms with Gasteiger partial charge in [0.2, 0.25) is 0 Å². The van der Waals surface area contributed by atoms with Gasteiger partial charge in [-0.15, -0.1) is 0 Å². The van der Waals surface area contributed by atoms with Crippen LogP contribution in [0.25, 0.3) is 0 Å². The van der Waals surface area contributed by atoms with Crippen LogP contribution in [-0.2, 0) is 6.18 Å². The van der Waals surface area contributed by atoms with E-state index in [2.05, 4.69) is 10.3 Å². The first-order valence-electron chi connectivity index (χ1n) is 5.63. The number of nitrogens with one attached hydrogen (secondary N) is 1. The molecule has 0 radical (unpaired) electrons. The zero-order chi connectivity index (χ0) is 14.9. The van der Waals surface area contributed by atoms with Gasteiger partial charge in [-0.3, -0.25) is 0 Å². The number of rotatable bonds is 2. The summed E-state index contributed by atoms with van der Waals surface area (Å²) in [5.74, 6) is 0.248. The van der Waals surface area contributed by atoms with E-state index in [0.717, 1.165) is 6.07 Å². The van der Waals surface area contributed by atoms with E-state index in [1.54, 1.807) is 0 Å². The van der Waals surface area contributed by atoms with Gasteiger partial charge in [0, 0.05) is 5.69 Å². The summed E-state index contributed by atoms with van der Waals surface area (Å²) in [6.45, 7) is 1.40. The molecular weight excluding hydrogens is 291 g/mol. The Morgan fingerprint density at radius 1 is 1.25 bits per heavy atom. The fraction of sp³-hybridized carbons (Fsp3) is 0.154. The minimum Gasteiger partial charge on any atom is -0.397 e. The lowest BCUT2D eigenvalue weighted by atomic mass is 10.1. The third-order valence-electron chi connectivity index (χ3n) is 2.67. The van der Waals surface area contributed by atoms with E-state index < -0.39 is 11.7 Å². The number of alkyl halides is 3. The van der Waals surface area contributed by atoms with Crippen molar-refractivity contribution >= 4 is 28.8 Å². The van der Waals surface area contributed by atoms with E-state index >= 15 is 0 Å². The summed E-state index contributed by atoms with van der Waals surface area (Å²) in [5, 5.41) is 2.98. The van der Waals surface area contributed by atoms with Crippen LogP contribution >= 0.6 is 11.6 Å². The molecule has 20 heavy (non-hydrogen) atoms. The highest BCUT2D eigenvalue weighted by atomic mass is 35.5. The summed E-state index contributed by atoms with van der Waals surface area (Å²) in [6.07, 6.45) is -3.03. The Kier molecular flexibility index (Phi) is 3.76. The second-order valence-electron chi connectivity index (χ2n) is 4.25. The molecule has 1 heterocycles. The van der Waals surface area contributed by atoms with E-state index in [1.807, 2.05) is 0 Å². The van der Waals surface area contributed by atoms with Gasteiger partial charge >= 0.3 is 6.18 Å². The molecule has 0 aliphatic carbocycles. The van der Waals surface area contributed by atoms with Crippen molar-refractivity contribution in [1.29, 1.82) is 0 Å². The highest BCUT2D eigenvalue weighted by molar-refractivity contribution is 6.33. The number of nitrogens with two attached hydrogens (primary N) is 1. The molecule has 0 aliphatic heterocycles. The van der Waals surface area contributed by atoms with Gasteiger partial charge in [0.15, 0.2) is 0 Å². The maximum atomic E-state index is 12.8. The highest BCUT2D eigenvalue weighted by Crippen LogP contribution is 2.34. The fourth-order valence-corrected chi connectivity index (χ4v) is 1.91. The first-order valence-corrected chi connectivity index (χ1v) is 6.01. The van der Waals surface area contributed by atoms with E-state index in [4.69, 9.17) is 17.3 Å². The molecule has 7 heteroatoms. The third-order valence-corrected chi connectivity index (χ3v) is 2.96. The molecule has 2 aromatic rings. The van der Waals surface area contributed by atoms with Gasteiger partial charge in [0.1, 0.15) is 5.82 Å². The van der Waals surface area contributed by atoms with Crippen LogP contribution in [0.2, 0.25) is 5.02 Å². The fourth-order valence-electron chi connectivity index (χ4n) is 1.69. The number of hydrogen-bond acceptors (Lipinski definition) is 3. The smallest absolute Gasteiger partial charge is 0.397 e. The van der Waals surface area contributed by atoms with Gasteiger partial charge in [-0.05, 0) is 30.7 Å². The lowest BCUT2D eigenvalue weighted by molar-refractivity contribution is -0.138. The molecule has 0 fully saturated rings. The normalized spacial score (nSPS) is 11.4. The standard InChI is InChI=1S/C13H11ClF3N3/c1-7-2-3-9(5-10(7)13(15,16)17)20-12-11(14)4-8(18)6-19-12/h2-6H,18H2,1H3,(H,19,20). The van der Waals surface area contributed by atoms with Crippen molar-refractivity contribution in [3.05, 3.63) is 46.6 Å². The van der Waals surface area contributed by atoms with Gasteiger partial charge in [0.05, 0.1) is 22.5 Å². The van der Waals surface area contributed by atoms with Crippen LogP contribution < -0.4 is 11.1 Å². The molecule has 1 aromatic carbocycles. The number of anilines is 3. The number of aromatic nitrogens is 1. The summed E-state index contributed by atoms with van der Waals surface area (Å²) < 4.78 is 38.4. The Bertz CT molecular complexity index is 641. The van der Waals surface area contributed by atoms with Crippen molar-refractivity contribution in [3.8, 4) is 0 Å². The van der Waals surface area contributed by atoms with E-state index in [0.29, 0.717) is 5.69 Å². The Balaban J connectivity index is 2.35. The van der Waals surface area contributed by atoms with Crippen LogP contribution in [0.4, 0.5) is 30.4 Å². The van der Waals surface area contributed by atoms with Gasteiger partial charge in [-0.2, -0.15) is 13.2 Å². The summed E-state index contributed by atoms with van der Waals surface area (Å²) in [4.78, 5) is 3.94. The Morgan fingerprint density at radius 2 is 1.95 bits per heavy atom. The molecule has 0 aliphatic rings. The molecule has 0 saturated carbocycles. The van der Waals surface area contributed by atoms with Crippen molar-refractivity contribution in [2.45, 2.75) is 13.1 Å². The molecule has 0 saturated heterocycles. The maximum Gasteiger partial charge on any atom is 0.416 e. The Labute approximate surface area is 118 Å². The summed E-state index contributed by atoms with van der Waals surface area (Å²) in [5.41, 5.74) is 5.58. The molecule has 0 amide bonds. The molecule has 0 bridgehead atoms. The SMILES string of the molecule is Cc1ccc(Nc2ncc(N)cc2Cl)cc1C(F)(F)F. The molecule has 3 nitrogen and oxygen atoms in total. The van der Waals surface area contributed by atoms with Crippen molar-refractivity contribution in [1.82, 2.24) is 4.98 Å². The number of benzene rings is 1. The van der Waals surface area contributed by atoms with Crippen molar-refractivity contribution < 1.29 is 13.2 Å². The minimum absolute atomic E-state index is 0.152. The number of pyridine rings is 1. The van der Waals surface area contributed by atoms with Crippen LogP contribution in [0.1, 0.15) is 11.1 Å². The van der Waals surface area contributed by atoms with Crippen LogP contribution in [0.3, 0.4) is 0 Å². The summed E-state index contributed by atoms with van der Waals surface area (Å²) in [6, 6.07) is 5.40. The minimum atomic E-state index is -4.40. The predicted molar refractivity (Wildman–Crippen MR) is 73.1 cm³/mol. The second kappa shape index (κ2) is 5.20. The van der Waals surface area contributed by atoms with Gasteiger partial charge in [-0.25, -0.2) is 4.98 Å². The molecule has 3 N–H and O–H groups in total. The molecule has 106 valence electrons. The lowest BCUT2D eigenvalue weighted by Crippen LogP contribution is -2.08. The zero-order valence-corrected chi connectivity index (χ0v) is 11.2. The van der Waals surface area contributed by atoms with Crippen molar-refractivity contribution in [2.75, 3.05) is 11.1 Å². The zero-order valence-electron chi connectivity index (χ0n) is 10.4. The lowest BCUT2D eigenvalue weighted by Gasteiger charge is -2.13. The summed E-state index contributed by atoms with van der Waals surface area (Å²) >= 11 is 5.91. The number of nitrogens with zero attached hydrogens (tertiary/aromatic N) is 1. The van der Waals surface area contributed by atoms with Crippen molar-refractivity contribution in [2.24, 2.45) is 0 Å². The second-order valence-corrected chi connectivity index (χ2v) is 4.66. The number of aryl methyl sites for hydroxylation is 1. The van der Waals surface area contributed by atoms with Crippen LogP contribution in [0.5, 0.6) is 0 Å². The monoisotopic (exact) mass is 301 g/mol. The van der Waals surface area contributed by atoms with Gasteiger partial charge in [-0.1, -0.05) is 17.7 Å². The average molecular weight is 302 g/mol. The topological polar surface area (TPSA) is 50.9 Å². The predicted octanol–water partition coefficient (Wildman–Crippen LogP) is 4.39. The third kappa shape index (κ3) is 3.14. The van der Waals surface area contributed by atoms with E-state index in [9.17, 15) is 13.2 Å². The molecule has 2 rings (SSSR count). The summed E-state index contributed by atoms with van der Waals surface area (Å²) in [7, 11) is 0. The first-order chi connectivity index (χ1) is 9.27. The van der Waals surface area contributed by atoms with Crippen LogP contribution in [0.15, 0.2) is 30.5 Å². The molecule has 1 aromatic heterocycles. The number of hydrogen-bond donors (Lipinski definition) is 2. The highest BCUT2D eigenvalue weighted by Gasteiger charge is 2.32. The van der Waals surface area contributed by atoms with Crippen LogP contribution in [-0.4, -0.2) is 4.98 Å². The number of nitrogen functional groups attached to an aromatic ring is 1.